The first kappa shape index (κ1) is 13.2. The van der Waals surface area contributed by atoms with Gasteiger partial charge in [-0.15, -0.1) is 0 Å². The Bertz CT molecular complexity index is 792. The van der Waals surface area contributed by atoms with Gasteiger partial charge in [-0.2, -0.15) is 5.10 Å². The lowest BCUT2D eigenvalue weighted by molar-refractivity contribution is 0.145. The van der Waals surface area contributed by atoms with Crippen LogP contribution in [0.1, 0.15) is 12.8 Å². The Balaban J connectivity index is 1.70. The highest BCUT2D eigenvalue weighted by Crippen LogP contribution is 2.26. The maximum atomic E-state index is 9.63. The van der Waals surface area contributed by atoms with Crippen LogP contribution in [0.2, 0.25) is 0 Å². The Kier molecular flexibility index (Phi) is 3.23. The molecule has 0 aliphatic carbocycles. The van der Waals surface area contributed by atoms with Crippen molar-refractivity contribution >= 4 is 16.9 Å². The summed E-state index contributed by atoms with van der Waals surface area (Å²) in [6, 6.07) is 9.86. The van der Waals surface area contributed by atoms with Gasteiger partial charge in [0.05, 0.1) is 11.8 Å². The van der Waals surface area contributed by atoms with E-state index in [9.17, 15) is 5.11 Å². The van der Waals surface area contributed by atoms with Gasteiger partial charge >= 0.3 is 0 Å². The van der Waals surface area contributed by atoms with Crippen LogP contribution in [0.25, 0.3) is 22.4 Å². The number of aliphatic hydroxyl groups is 1. The van der Waals surface area contributed by atoms with Gasteiger partial charge in [0.2, 0.25) is 0 Å². The van der Waals surface area contributed by atoms with Crippen molar-refractivity contribution in [2.75, 3.05) is 18.0 Å². The Morgan fingerprint density at radius 1 is 1.14 bits per heavy atom. The highest BCUT2D eigenvalue weighted by Gasteiger charge is 2.19. The fourth-order valence-electron chi connectivity index (χ4n) is 2.88. The van der Waals surface area contributed by atoms with Crippen molar-refractivity contribution in [1.82, 2.24) is 20.2 Å². The molecule has 0 radical (unpaired) electrons. The Morgan fingerprint density at radius 2 is 2.00 bits per heavy atom. The topological polar surface area (TPSA) is 77.9 Å². The predicted molar refractivity (Wildman–Crippen MR) is 84.6 cm³/mol. The number of hydrogen-bond donors (Lipinski definition) is 2. The SMILES string of the molecule is OC1CCN(c2cccc(-c3n[nH]c4ncccc34)n2)CC1. The first-order chi connectivity index (χ1) is 10.8. The molecular weight excluding hydrogens is 278 g/mol. The Labute approximate surface area is 127 Å². The second kappa shape index (κ2) is 5.38. The summed E-state index contributed by atoms with van der Waals surface area (Å²) in [7, 11) is 0. The molecular formula is C16H17N5O. The molecule has 4 rings (SSSR count). The zero-order chi connectivity index (χ0) is 14.9. The number of hydrogen-bond acceptors (Lipinski definition) is 5. The van der Waals surface area contributed by atoms with E-state index in [2.05, 4.69) is 20.1 Å². The fourth-order valence-corrected chi connectivity index (χ4v) is 2.88. The number of anilines is 1. The van der Waals surface area contributed by atoms with Crippen LogP contribution in [0.3, 0.4) is 0 Å². The molecule has 0 amide bonds. The van der Waals surface area contributed by atoms with Crippen molar-refractivity contribution in [3.05, 3.63) is 36.5 Å². The maximum absolute atomic E-state index is 9.63. The third-order valence-corrected chi connectivity index (χ3v) is 4.10. The zero-order valence-corrected chi connectivity index (χ0v) is 12.1. The highest BCUT2D eigenvalue weighted by atomic mass is 16.3. The molecule has 0 atom stereocenters. The molecule has 1 aliphatic rings. The summed E-state index contributed by atoms with van der Waals surface area (Å²) < 4.78 is 0. The quantitative estimate of drug-likeness (QED) is 0.756. The van der Waals surface area contributed by atoms with Crippen LogP contribution < -0.4 is 4.90 Å². The molecule has 0 unspecified atom stereocenters. The molecule has 0 saturated carbocycles. The zero-order valence-electron chi connectivity index (χ0n) is 12.1. The number of pyridine rings is 2. The van der Waals surface area contributed by atoms with Crippen LogP contribution in [-0.2, 0) is 0 Å². The summed E-state index contributed by atoms with van der Waals surface area (Å²) in [6.07, 6.45) is 3.15. The first-order valence-corrected chi connectivity index (χ1v) is 7.51. The smallest absolute Gasteiger partial charge is 0.155 e. The molecule has 3 aromatic heterocycles. The van der Waals surface area contributed by atoms with E-state index in [1.807, 2.05) is 30.3 Å². The summed E-state index contributed by atoms with van der Waals surface area (Å²) in [5.74, 6) is 0.935. The highest BCUT2D eigenvalue weighted by molar-refractivity contribution is 5.89. The molecule has 6 nitrogen and oxygen atoms in total. The summed E-state index contributed by atoms with van der Waals surface area (Å²) in [5, 5.41) is 17.9. The number of aliphatic hydroxyl groups excluding tert-OH is 1. The van der Waals surface area contributed by atoms with Crippen LogP contribution in [0, 0.1) is 0 Å². The lowest BCUT2D eigenvalue weighted by atomic mass is 10.1. The second-order valence-corrected chi connectivity index (χ2v) is 5.57. The average Bonchev–Trinajstić information content (AvgIpc) is 3.00. The van der Waals surface area contributed by atoms with Gasteiger partial charge in [0, 0.05) is 24.7 Å². The summed E-state index contributed by atoms with van der Waals surface area (Å²) in [4.78, 5) is 11.2. The average molecular weight is 295 g/mol. The number of aromatic nitrogens is 4. The van der Waals surface area contributed by atoms with E-state index in [1.165, 1.54) is 0 Å². The molecule has 1 fully saturated rings. The third-order valence-electron chi connectivity index (χ3n) is 4.10. The third kappa shape index (κ3) is 2.31. The maximum Gasteiger partial charge on any atom is 0.155 e. The molecule has 0 spiro atoms. The molecule has 3 aromatic rings. The fraction of sp³-hybridized carbons (Fsp3) is 0.312. The molecule has 2 N–H and O–H groups in total. The van der Waals surface area contributed by atoms with E-state index in [0.29, 0.717) is 0 Å². The van der Waals surface area contributed by atoms with E-state index in [1.54, 1.807) is 6.20 Å². The van der Waals surface area contributed by atoms with E-state index in [4.69, 9.17) is 4.98 Å². The van der Waals surface area contributed by atoms with Crippen molar-refractivity contribution < 1.29 is 5.11 Å². The minimum atomic E-state index is -0.180. The van der Waals surface area contributed by atoms with E-state index < -0.39 is 0 Å². The normalized spacial score (nSPS) is 16.3. The van der Waals surface area contributed by atoms with Crippen molar-refractivity contribution in [1.29, 1.82) is 0 Å². The van der Waals surface area contributed by atoms with Crippen LogP contribution in [0.4, 0.5) is 5.82 Å². The minimum absolute atomic E-state index is 0.180. The van der Waals surface area contributed by atoms with Crippen molar-refractivity contribution in [3.8, 4) is 11.4 Å². The lowest BCUT2D eigenvalue weighted by Crippen LogP contribution is -2.36. The van der Waals surface area contributed by atoms with Gasteiger partial charge in [-0.25, -0.2) is 9.97 Å². The summed E-state index contributed by atoms with van der Waals surface area (Å²) in [6.45, 7) is 1.67. The molecule has 0 bridgehead atoms. The summed E-state index contributed by atoms with van der Waals surface area (Å²) in [5.41, 5.74) is 2.43. The van der Waals surface area contributed by atoms with Crippen molar-refractivity contribution in [2.45, 2.75) is 18.9 Å². The minimum Gasteiger partial charge on any atom is -0.393 e. The van der Waals surface area contributed by atoms with E-state index in [-0.39, 0.29) is 6.10 Å². The van der Waals surface area contributed by atoms with Gasteiger partial charge in [0.15, 0.2) is 5.65 Å². The molecule has 1 aliphatic heterocycles. The van der Waals surface area contributed by atoms with E-state index >= 15 is 0 Å². The standard InChI is InChI=1S/C16H17N5O/c22-11-6-9-21(10-7-11)14-5-1-4-13(18-14)15-12-3-2-8-17-16(12)20-19-15/h1-5,8,11,22H,6-7,9-10H2,(H,17,19,20). The van der Waals surface area contributed by atoms with Crippen LogP contribution in [-0.4, -0.2) is 44.5 Å². The number of nitrogens with one attached hydrogen (secondary N) is 1. The predicted octanol–water partition coefficient (Wildman–Crippen LogP) is 1.98. The summed E-state index contributed by atoms with van der Waals surface area (Å²) >= 11 is 0. The molecule has 22 heavy (non-hydrogen) atoms. The lowest BCUT2D eigenvalue weighted by Gasteiger charge is -2.30. The number of aromatic amines is 1. The van der Waals surface area contributed by atoms with Gasteiger partial charge < -0.3 is 10.0 Å². The van der Waals surface area contributed by atoms with Gasteiger partial charge in [-0.05, 0) is 37.1 Å². The molecule has 1 saturated heterocycles. The molecule has 0 aromatic carbocycles. The number of H-pyrrole nitrogens is 1. The van der Waals surface area contributed by atoms with Crippen molar-refractivity contribution in [2.24, 2.45) is 0 Å². The Morgan fingerprint density at radius 3 is 2.86 bits per heavy atom. The van der Waals surface area contributed by atoms with Gasteiger partial charge in [0.25, 0.3) is 0 Å². The Hall–Kier alpha value is -2.47. The molecule has 4 heterocycles. The number of rotatable bonds is 2. The number of nitrogens with zero attached hydrogens (tertiary/aromatic N) is 4. The van der Waals surface area contributed by atoms with Gasteiger partial charge in [0.1, 0.15) is 11.5 Å². The second-order valence-electron chi connectivity index (χ2n) is 5.57. The van der Waals surface area contributed by atoms with E-state index in [0.717, 1.165) is 54.2 Å². The van der Waals surface area contributed by atoms with Gasteiger partial charge in [-0.3, -0.25) is 5.10 Å². The monoisotopic (exact) mass is 295 g/mol. The van der Waals surface area contributed by atoms with Gasteiger partial charge in [-0.1, -0.05) is 6.07 Å². The van der Waals surface area contributed by atoms with Crippen LogP contribution in [0.15, 0.2) is 36.5 Å². The van der Waals surface area contributed by atoms with Crippen molar-refractivity contribution in [3.63, 3.8) is 0 Å². The largest absolute Gasteiger partial charge is 0.393 e. The first-order valence-electron chi connectivity index (χ1n) is 7.51. The number of piperidine rings is 1. The molecule has 6 heteroatoms. The van der Waals surface area contributed by atoms with Crippen LogP contribution in [0.5, 0.6) is 0 Å². The number of fused-ring (bicyclic) bond motifs is 1. The van der Waals surface area contributed by atoms with Crippen LogP contribution >= 0.6 is 0 Å². The molecule has 112 valence electrons.